The third-order valence-electron chi connectivity index (χ3n) is 3.54. The normalized spacial score (nSPS) is 10.7. The zero-order valence-electron chi connectivity index (χ0n) is 13.3. The van der Waals surface area contributed by atoms with Crippen LogP contribution in [0.5, 0.6) is 0 Å². The highest BCUT2D eigenvalue weighted by molar-refractivity contribution is 6.29. The topological polar surface area (TPSA) is 97.1 Å². The van der Waals surface area contributed by atoms with Crippen LogP contribution in [0.15, 0.2) is 61.2 Å². The largest absolute Gasteiger partial charge is 0.337 e. The Kier molecular flexibility index (Phi) is 4.16. The molecule has 0 bridgehead atoms. The molecule has 0 aromatic carbocycles. The molecule has 0 radical (unpaired) electrons. The molecule has 4 rings (SSSR count). The molecule has 4 heterocycles. The number of anilines is 3. The molecule has 4 aromatic heterocycles. The van der Waals surface area contributed by atoms with Crippen LogP contribution in [0.4, 0.5) is 17.2 Å². The lowest BCUT2D eigenvalue weighted by Crippen LogP contribution is -2.15. The number of nitrogens with zero attached hydrogens (tertiary/aromatic N) is 5. The second-order valence-electron chi connectivity index (χ2n) is 5.29. The van der Waals surface area contributed by atoms with Crippen LogP contribution in [0.3, 0.4) is 0 Å². The van der Waals surface area contributed by atoms with Gasteiger partial charge in [-0.3, -0.25) is 9.78 Å². The summed E-state index contributed by atoms with van der Waals surface area (Å²) in [5, 5.41) is 10.3. The van der Waals surface area contributed by atoms with Crippen LogP contribution in [-0.2, 0) is 0 Å². The number of carbonyl (C=O) groups is 1. The van der Waals surface area contributed by atoms with Crippen LogP contribution >= 0.6 is 11.6 Å². The first kappa shape index (κ1) is 16.0. The number of hydrogen-bond donors (Lipinski definition) is 2. The van der Waals surface area contributed by atoms with Crippen molar-refractivity contribution in [2.45, 2.75) is 0 Å². The van der Waals surface area contributed by atoms with Crippen LogP contribution in [0, 0.1) is 0 Å². The van der Waals surface area contributed by atoms with Gasteiger partial charge >= 0.3 is 0 Å². The van der Waals surface area contributed by atoms with Gasteiger partial charge in [0.2, 0.25) is 0 Å². The van der Waals surface area contributed by atoms with Crippen molar-refractivity contribution < 1.29 is 4.79 Å². The second-order valence-corrected chi connectivity index (χ2v) is 5.68. The first-order valence-corrected chi connectivity index (χ1v) is 8.02. The molecule has 0 saturated carbocycles. The summed E-state index contributed by atoms with van der Waals surface area (Å²) in [4.78, 5) is 25.0. The number of nitrogens with one attached hydrogen (secondary N) is 2. The van der Waals surface area contributed by atoms with Crippen molar-refractivity contribution in [2.24, 2.45) is 0 Å². The minimum Gasteiger partial charge on any atom is -0.337 e. The van der Waals surface area contributed by atoms with E-state index >= 15 is 0 Å². The zero-order valence-corrected chi connectivity index (χ0v) is 14.1. The maximum Gasteiger partial charge on any atom is 0.276 e. The number of fused-ring (bicyclic) bond motifs is 1. The Morgan fingerprint density at radius 1 is 1.08 bits per heavy atom. The Bertz CT molecular complexity index is 1070. The molecule has 0 unspecified atom stereocenters. The molecule has 4 aromatic rings. The zero-order chi connectivity index (χ0) is 17.9. The number of aromatic nitrogens is 5. The predicted octanol–water partition coefficient (Wildman–Crippen LogP) is 3.17. The van der Waals surface area contributed by atoms with Crippen LogP contribution in [-0.4, -0.2) is 30.5 Å². The third-order valence-corrected chi connectivity index (χ3v) is 3.72. The predicted molar refractivity (Wildman–Crippen MR) is 97.7 cm³/mol. The number of imidazole rings is 1. The molecule has 0 fully saturated rings. The lowest BCUT2D eigenvalue weighted by Gasteiger charge is -2.08. The first-order chi connectivity index (χ1) is 12.7. The van der Waals surface area contributed by atoms with Crippen LogP contribution < -0.4 is 10.6 Å². The van der Waals surface area contributed by atoms with Crippen molar-refractivity contribution in [1.82, 2.24) is 24.6 Å². The number of rotatable bonds is 4. The van der Waals surface area contributed by atoms with E-state index in [1.165, 1.54) is 10.7 Å². The number of pyridine rings is 2. The molecule has 26 heavy (non-hydrogen) atoms. The highest BCUT2D eigenvalue weighted by Crippen LogP contribution is 2.23. The lowest BCUT2D eigenvalue weighted by molar-refractivity contribution is 0.102. The van der Waals surface area contributed by atoms with Gasteiger partial charge in [-0.2, -0.15) is 5.10 Å². The van der Waals surface area contributed by atoms with Crippen molar-refractivity contribution in [3.05, 3.63) is 72.0 Å². The summed E-state index contributed by atoms with van der Waals surface area (Å²) < 4.78 is 1.39. The van der Waals surface area contributed by atoms with Crippen molar-refractivity contribution in [1.29, 1.82) is 0 Å². The Hall–Kier alpha value is -3.52. The van der Waals surface area contributed by atoms with Crippen molar-refractivity contribution in [3.8, 4) is 0 Å². The number of halogens is 1. The molecular formula is C17H12ClN7O. The monoisotopic (exact) mass is 365 g/mol. The highest BCUT2D eigenvalue weighted by Gasteiger charge is 2.17. The van der Waals surface area contributed by atoms with Gasteiger partial charge in [0.15, 0.2) is 16.5 Å². The van der Waals surface area contributed by atoms with E-state index in [1.54, 1.807) is 36.8 Å². The molecule has 1 amide bonds. The number of amides is 1. The molecule has 0 spiro atoms. The van der Waals surface area contributed by atoms with Gasteiger partial charge in [-0.1, -0.05) is 17.7 Å². The van der Waals surface area contributed by atoms with Crippen molar-refractivity contribution in [3.63, 3.8) is 0 Å². The summed E-state index contributed by atoms with van der Waals surface area (Å²) >= 11 is 6.12. The Balaban J connectivity index is 1.70. The molecular weight excluding hydrogens is 354 g/mol. The molecule has 8 nitrogen and oxygen atoms in total. The fourth-order valence-corrected chi connectivity index (χ4v) is 2.58. The van der Waals surface area contributed by atoms with Crippen LogP contribution in [0.2, 0.25) is 5.15 Å². The minimum absolute atomic E-state index is 0.215. The van der Waals surface area contributed by atoms with Gasteiger partial charge in [-0.25, -0.2) is 14.5 Å². The minimum atomic E-state index is -0.359. The van der Waals surface area contributed by atoms with Gasteiger partial charge in [-0.15, -0.1) is 0 Å². The van der Waals surface area contributed by atoms with Gasteiger partial charge in [0.25, 0.3) is 5.91 Å². The third kappa shape index (κ3) is 3.17. The fraction of sp³-hybridized carbons (Fsp3) is 0. The molecule has 0 aliphatic rings. The Morgan fingerprint density at radius 3 is 2.69 bits per heavy atom. The van der Waals surface area contributed by atoms with Crippen LogP contribution in [0.1, 0.15) is 10.5 Å². The SMILES string of the molecule is O=C(Nc1ccncc1)c1cnc2c(Nc3ccccn3)cc(Cl)nn12. The standard InChI is InChI=1S/C17H12ClN7O/c18-14-9-12(23-15-3-1-2-6-20-15)16-21-10-13(25(16)24-14)17(26)22-11-4-7-19-8-5-11/h1-10H,(H,20,23)(H,19,22,26). The second kappa shape index (κ2) is 6.77. The van der Waals surface area contributed by atoms with Crippen LogP contribution in [0.25, 0.3) is 5.65 Å². The van der Waals surface area contributed by atoms with Gasteiger partial charge in [-0.05, 0) is 24.3 Å². The number of hydrogen-bond acceptors (Lipinski definition) is 6. The summed E-state index contributed by atoms with van der Waals surface area (Å²) in [6, 6.07) is 10.5. The van der Waals surface area contributed by atoms with E-state index in [1.807, 2.05) is 18.2 Å². The van der Waals surface area contributed by atoms with E-state index in [0.29, 0.717) is 22.8 Å². The molecule has 128 valence electrons. The van der Waals surface area contributed by atoms with E-state index in [-0.39, 0.29) is 16.8 Å². The highest BCUT2D eigenvalue weighted by atomic mass is 35.5. The fourth-order valence-electron chi connectivity index (χ4n) is 2.39. The van der Waals surface area contributed by atoms with Gasteiger partial charge in [0.1, 0.15) is 5.82 Å². The van der Waals surface area contributed by atoms with E-state index < -0.39 is 0 Å². The van der Waals surface area contributed by atoms with Gasteiger partial charge < -0.3 is 10.6 Å². The summed E-state index contributed by atoms with van der Waals surface area (Å²) in [7, 11) is 0. The molecule has 9 heteroatoms. The summed E-state index contributed by atoms with van der Waals surface area (Å²) in [6.07, 6.45) is 6.29. The van der Waals surface area contributed by atoms with Crippen molar-refractivity contribution in [2.75, 3.05) is 10.6 Å². The molecule has 2 N–H and O–H groups in total. The lowest BCUT2D eigenvalue weighted by atomic mass is 10.3. The van der Waals surface area contributed by atoms with Gasteiger partial charge in [0, 0.05) is 30.3 Å². The molecule has 0 aliphatic heterocycles. The maximum atomic E-state index is 12.6. The van der Waals surface area contributed by atoms with E-state index in [4.69, 9.17) is 11.6 Å². The van der Waals surface area contributed by atoms with Crippen molar-refractivity contribution >= 4 is 40.3 Å². The van der Waals surface area contributed by atoms with Gasteiger partial charge in [0.05, 0.1) is 11.9 Å². The maximum absolute atomic E-state index is 12.6. The molecule has 0 atom stereocenters. The number of carbonyl (C=O) groups excluding carboxylic acids is 1. The summed E-state index contributed by atoms with van der Waals surface area (Å²) in [5.41, 5.74) is 1.92. The smallest absolute Gasteiger partial charge is 0.276 e. The van der Waals surface area contributed by atoms with E-state index in [0.717, 1.165) is 0 Å². The molecule has 0 saturated heterocycles. The first-order valence-electron chi connectivity index (χ1n) is 7.64. The van der Waals surface area contributed by atoms with E-state index in [2.05, 4.69) is 30.7 Å². The summed E-state index contributed by atoms with van der Waals surface area (Å²) in [6.45, 7) is 0. The summed E-state index contributed by atoms with van der Waals surface area (Å²) in [5.74, 6) is 0.268. The Morgan fingerprint density at radius 2 is 1.92 bits per heavy atom. The molecule has 0 aliphatic carbocycles. The van der Waals surface area contributed by atoms with E-state index in [9.17, 15) is 4.79 Å². The average Bonchev–Trinajstić information content (AvgIpc) is 3.07. The Labute approximate surface area is 152 Å². The average molecular weight is 366 g/mol. The quantitative estimate of drug-likeness (QED) is 0.576.